The number of ketones is 1. The van der Waals surface area contributed by atoms with Gasteiger partial charge in [0.1, 0.15) is 5.78 Å². The molecule has 0 amide bonds. The van der Waals surface area contributed by atoms with Gasteiger partial charge in [-0.1, -0.05) is 30.3 Å². The van der Waals surface area contributed by atoms with Gasteiger partial charge in [0, 0.05) is 24.7 Å². The van der Waals surface area contributed by atoms with Gasteiger partial charge in [0.25, 0.3) is 0 Å². The van der Waals surface area contributed by atoms with E-state index < -0.39 is 0 Å². The van der Waals surface area contributed by atoms with E-state index in [4.69, 9.17) is 0 Å². The van der Waals surface area contributed by atoms with Crippen LogP contribution in [0.1, 0.15) is 16.8 Å². The first-order valence-electron chi connectivity index (χ1n) is 5.72. The van der Waals surface area contributed by atoms with Crippen LogP contribution in [0.5, 0.6) is 0 Å². The Labute approximate surface area is 101 Å². The highest BCUT2D eigenvalue weighted by Crippen LogP contribution is 2.09. The lowest BCUT2D eigenvalue weighted by atomic mass is 10.0. The summed E-state index contributed by atoms with van der Waals surface area (Å²) < 4.78 is 0. The number of carbonyl (C=O) groups excluding carboxylic acids is 1. The van der Waals surface area contributed by atoms with Crippen LogP contribution in [0, 0.1) is 6.92 Å². The van der Waals surface area contributed by atoms with Crippen molar-refractivity contribution in [2.45, 2.75) is 19.8 Å². The van der Waals surface area contributed by atoms with Gasteiger partial charge in [0.15, 0.2) is 0 Å². The number of carbonyl (C=O) groups is 1. The highest BCUT2D eigenvalue weighted by atomic mass is 16.1. The average Bonchev–Trinajstić information content (AvgIpc) is 2.33. The molecule has 0 N–H and O–H groups in total. The summed E-state index contributed by atoms with van der Waals surface area (Å²) in [4.78, 5) is 16.1. The number of nitrogens with zero attached hydrogens (tertiary/aromatic N) is 1. The average molecular weight is 225 g/mol. The first-order valence-corrected chi connectivity index (χ1v) is 5.72. The molecule has 0 fully saturated rings. The monoisotopic (exact) mass is 225 g/mol. The maximum atomic E-state index is 11.9. The van der Waals surface area contributed by atoms with Crippen LogP contribution in [0.15, 0.2) is 48.7 Å². The van der Waals surface area contributed by atoms with Gasteiger partial charge in [-0.15, -0.1) is 0 Å². The largest absolute Gasteiger partial charge is 0.299 e. The maximum absolute atomic E-state index is 11.9. The summed E-state index contributed by atoms with van der Waals surface area (Å²) in [6.45, 7) is 2.03. The lowest BCUT2D eigenvalue weighted by Crippen LogP contribution is -2.08. The standard InChI is InChI=1S/C15H15NO/c1-12-6-2-3-7-13(12)10-15(17)11-14-8-4-5-9-16-14/h2-9H,10-11H2,1H3. The van der Waals surface area contributed by atoms with E-state index in [0.29, 0.717) is 12.8 Å². The van der Waals surface area contributed by atoms with Crippen LogP contribution >= 0.6 is 0 Å². The quantitative estimate of drug-likeness (QED) is 0.800. The minimum atomic E-state index is 0.206. The molecule has 0 bridgehead atoms. The summed E-state index contributed by atoms with van der Waals surface area (Å²) in [6, 6.07) is 13.6. The molecule has 1 aromatic carbocycles. The van der Waals surface area contributed by atoms with Gasteiger partial charge in [-0.05, 0) is 30.2 Å². The molecule has 0 spiro atoms. The van der Waals surface area contributed by atoms with Crippen molar-refractivity contribution in [2.75, 3.05) is 0 Å². The van der Waals surface area contributed by atoms with E-state index in [0.717, 1.165) is 11.3 Å². The predicted molar refractivity (Wildman–Crippen MR) is 67.8 cm³/mol. The molecule has 0 saturated heterocycles. The van der Waals surface area contributed by atoms with Crippen LogP contribution in [0.3, 0.4) is 0 Å². The van der Waals surface area contributed by atoms with Crippen molar-refractivity contribution in [1.82, 2.24) is 4.98 Å². The first-order chi connectivity index (χ1) is 8.25. The van der Waals surface area contributed by atoms with Gasteiger partial charge in [0.05, 0.1) is 0 Å². The molecule has 2 rings (SSSR count). The molecular formula is C15H15NO. The summed E-state index contributed by atoms with van der Waals surface area (Å²) in [6.07, 6.45) is 2.62. The van der Waals surface area contributed by atoms with Crippen molar-refractivity contribution in [2.24, 2.45) is 0 Å². The van der Waals surface area contributed by atoms with Crippen LogP contribution in [-0.2, 0) is 17.6 Å². The second kappa shape index (κ2) is 5.39. The third-order valence-corrected chi connectivity index (χ3v) is 2.75. The molecule has 0 saturated carbocycles. The van der Waals surface area contributed by atoms with E-state index in [9.17, 15) is 4.79 Å². The third kappa shape index (κ3) is 3.25. The van der Waals surface area contributed by atoms with Gasteiger partial charge >= 0.3 is 0 Å². The molecule has 0 radical (unpaired) electrons. The first kappa shape index (κ1) is 11.5. The molecule has 86 valence electrons. The van der Waals surface area contributed by atoms with E-state index in [1.807, 2.05) is 49.4 Å². The fraction of sp³-hybridized carbons (Fsp3) is 0.200. The summed E-state index contributed by atoms with van der Waals surface area (Å²) in [7, 11) is 0. The highest BCUT2D eigenvalue weighted by Gasteiger charge is 2.07. The number of hydrogen-bond acceptors (Lipinski definition) is 2. The number of aryl methyl sites for hydroxylation is 1. The zero-order valence-corrected chi connectivity index (χ0v) is 9.89. The number of aromatic nitrogens is 1. The lowest BCUT2D eigenvalue weighted by molar-refractivity contribution is -0.117. The number of pyridine rings is 1. The van der Waals surface area contributed by atoms with Gasteiger partial charge in [-0.2, -0.15) is 0 Å². The van der Waals surface area contributed by atoms with E-state index in [2.05, 4.69) is 4.98 Å². The Morgan fingerprint density at radius 3 is 2.53 bits per heavy atom. The Balaban J connectivity index is 2.01. The smallest absolute Gasteiger partial charge is 0.143 e. The van der Waals surface area contributed by atoms with Crippen molar-refractivity contribution in [3.05, 3.63) is 65.5 Å². The fourth-order valence-corrected chi connectivity index (χ4v) is 1.79. The van der Waals surface area contributed by atoms with E-state index in [-0.39, 0.29) is 5.78 Å². The lowest BCUT2D eigenvalue weighted by Gasteiger charge is -2.04. The summed E-state index contributed by atoms with van der Waals surface area (Å²) in [5.41, 5.74) is 3.11. The molecular weight excluding hydrogens is 210 g/mol. The molecule has 1 aromatic heterocycles. The van der Waals surface area contributed by atoms with Crippen molar-refractivity contribution in [3.8, 4) is 0 Å². The molecule has 2 aromatic rings. The second-order valence-electron chi connectivity index (χ2n) is 4.14. The molecule has 0 aliphatic rings. The molecule has 2 heteroatoms. The SMILES string of the molecule is Cc1ccccc1CC(=O)Cc1ccccn1. The maximum Gasteiger partial charge on any atom is 0.143 e. The minimum absolute atomic E-state index is 0.206. The molecule has 2 nitrogen and oxygen atoms in total. The minimum Gasteiger partial charge on any atom is -0.299 e. The molecule has 0 aliphatic carbocycles. The Bertz CT molecular complexity index is 505. The van der Waals surface area contributed by atoms with Gasteiger partial charge in [0.2, 0.25) is 0 Å². The van der Waals surface area contributed by atoms with Gasteiger partial charge < -0.3 is 0 Å². The normalized spacial score (nSPS) is 10.2. The summed E-state index contributed by atoms with van der Waals surface area (Å²) in [5.74, 6) is 0.206. The van der Waals surface area contributed by atoms with Crippen LogP contribution in [0.4, 0.5) is 0 Å². The predicted octanol–water partition coefficient (Wildman–Crippen LogP) is 2.74. The molecule has 0 unspecified atom stereocenters. The number of rotatable bonds is 4. The van der Waals surface area contributed by atoms with Crippen LogP contribution in [0.2, 0.25) is 0 Å². The molecule has 0 atom stereocenters. The zero-order valence-electron chi connectivity index (χ0n) is 9.89. The topological polar surface area (TPSA) is 30.0 Å². The summed E-state index contributed by atoms with van der Waals surface area (Å²) >= 11 is 0. The fourth-order valence-electron chi connectivity index (χ4n) is 1.79. The van der Waals surface area contributed by atoms with Crippen LogP contribution in [0.25, 0.3) is 0 Å². The third-order valence-electron chi connectivity index (χ3n) is 2.75. The van der Waals surface area contributed by atoms with Crippen molar-refractivity contribution >= 4 is 5.78 Å². The highest BCUT2D eigenvalue weighted by molar-refractivity contribution is 5.83. The van der Waals surface area contributed by atoms with Crippen molar-refractivity contribution in [3.63, 3.8) is 0 Å². The molecule has 0 aliphatic heterocycles. The zero-order chi connectivity index (χ0) is 12.1. The van der Waals surface area contributed by atoms with Crippen LogP contribution in [-0.4, -0.2) is 10.8 Å². The Morgan fingerprint density at radius 1 is 1.06 bits per heavy atom. The number of Topliss-reactive ketones (excluding diaryl/α,β-unsaturated/α-hetero) is 1. The van der Waals surface area contributed by atoms with E-state index in [1.165, 1.54) is 5.56 Å². The number of benzene rings is 1. The Hall–Kier alpha value is -1.96. The summed E-state index contributed by atoms with van der Waals surface area (Å²) in [5, 5.41) is 0. The van der Waals surface area contributed by atoms with Gasteiger partial charge in [-0.25, -0.2) is 0 Å². The van der Waals surface area contributed by atoms with E-state index >= 15 is 0 Å². The van der Waals surface area contributed by atoms with Crippen LogP contribution < -0.4 is 0 Å². The molecule has 1 heterocycles. The van der Waals surface area contributed by atoms with Gasteiger partial charge in [-0.3, -0.25) is 9.78 Å². The second-order valence-corrected chi connectivity index (χ2v) is 4.14. The number of hydrogen-bond donors (Lipinski definition) is 0. The van der Waals surface area contributed by atoms with Crippen molar-refractivity contribution in [1.29, 1.82) is 0 Å². The molecule has 17 heavy (non-hydrogen) atoms. The Morgan fingerprint density at radius 2 is 1.82 bits per heavy atom. The van der Waals surface area contributed by atoms with E-state index in [1.54, 1.807) is 6.20 Å². The Kier molecular flexibility index (Phi) is 3.66. The van der Waals surface area contributed by atoms with Crippen molar-refractivity contribution < 1.29 is 4.79 Å².